The molecule has 0 aromatic heterocycles. The van der Waals surface area contributed by atoms with E-state index in [-0.39, 0.29) is 66.7 Å². The lowest BCUT2D eigenvalue weighted by Crippen LogP contribution is -2.59. The van der Waals surface area contributed by atoms with Crippen LogP contribution in [0.4, 0.5) is 10.5 Å². The Bertz CT molecular complexity index is 1950. The molecule has 4 N–H and O–H groups in total. The van der Waals surface area contributed by atoms with Crippen LogP contribution in [-0.2, 0) is 51.1 Å². The van der Waals surface area contributed by atoms with Crippen LogP contribution >= 0.6 is 0 Å². The molecule has 0 radical (unpaired) electrons. The Kier molecular flexibility index (Phi) is 23.1. The molecule has 1 heterocycles. The van der Waals surface area contributed by atoms with Gasteiger partial charge in [-0.3, -0.25) is 34.2 Å². The number of likely N-dealkylation sites (tertiary alicyclic amines) is 1. The molecule has 386 valence electrons. The summed E-state index contributed by atoms with van der Waals surface area (Å²) in [6.45, 7) is 19.7. The monoisotopic (exact) mass is 964 g/mol. The third kappa shape index (κ3) is 17.7. The number of amides is 6. The van der Waals surface area contributed by atoms with Gasteiger partial charge in [-0.25, -0.2) is 4.79 Å². The summed E-state index contributed by atoms with van der Waals surface area (Å²) in [7, 11) is 8.54. The van der Waals surface area contributed by atoms with E-state index in [2.05, 4.69) is 21.3 Å². The molecule has 6 amide bonds. The van der Waals surface area contributed by atoms with E-state index < -0.39 is 60.0 Å². The number of benzene rings is 2. The molecule has 1 aliphatic heterocycles. The predicted octanol–water partition coefficient (Wildman–Crippen LogP) is 6.41. The summed E-state index contributed by atoms with van der Waals surface area (Å²) < 4.78 is 17.5. The number of nitrogens with one attached hydrogen (secondary N) is 4. The Morgan fingerprint density at radius 3 is 1.97 bits per heavy atom. The number of hydrogen-bond acceptors (Lipinski definition) is 10. The summed E-state index contributed by atoms with van der Waals surface area (Å²) in [5.74, 6) is -2.10. The van der Waals surface area contributed by atoms with Gasteiger partial charge in [0, 0.05) is 52.5 Å². The Morgan fingerprint density at radius 1 is 0.797 bits per heavy atom. The van der Waals surface area contributed by atoms with Gasteiger partial charge in [0.15, 0.2) is 0 Å². The minimum Gasteiger partial charge on any atom is -0.444 e. The van der Waals surface area contributed by atoms with E-state index in [0.717, 1.165) is 17.5 Å². The first-order chi connectivity index (χ1) is 32.4. The summed E-state index contributed by atoms with van der Waals surface area (Å²) in [5, 5.41) is 11.9. The molecule has 3 rings (SSSR count). The minimum absolute atomic E-state index is 0.00717. The van der Waals surface area contributed by atoms with Crippen LogP contribution in [-0.4, -0.2) is 140 Å². The highest BCUT2D eigenvalue weighted by Crippen LogP contribution is 2.30. The maximum Gasteiger partial charge on any atom is 0.412 e. The van der Waals surface area contributed by atoms with Crippen LogP contribution in [0.5, 0.6) is 0 Å². The van der Waals surface area contributed by atoms with Crippen LogP contribution in [0.15, 0.2) is 54.6 Å². The molecule has 2 aromatic carbocycles. The van der Waals surface area contributed by atoms with Crippen LogP contribution in [0.1, 0.15) is 112 Å². The number of likely N-dealkylation sites (N-methyl/N-ethyl adjacent to an activating group) is 2. The number of nitrogens with zero attached hydrogens (tertiary/aromatic N) is 3. The van der Waals surface area contributed by atoms with Gasteiger partial charge in [-0.05, 0) is 95.1 Å². The van der Waals surface area contributed by atoms with Crippen molar-refractivity contribution in [3.63, 3.8) is 0 Å². The normalized spacial score (nSPS) is 17.5. The molecular formula is C53H85N7O9. The van der Waals surface area contributed by atoms with Crippen LogP contribution in [0.2, 0.25) is 0 Å². The van der Waals surface area contributed by atoms with Gasteiger partial charge in [-0.2, -0.15) is 0 Å². The van der Waals surface area contributed by atoms with Gasteiger partial charge in [-0.1, -0.05) is 97.4 Å². The van der Waals surface area contributed by atoms with E-state index in [9.17, 15) is 28.8 Å². The third-order valence-corrected chi connectivity index (χ3v) is 13.1. The van der Waals surface area contributed by atoms with Crippen molar-refractivity contribution in [2.45, 2.75) is 162 Å². The molecule has 69 heavy (non-hydrogen) atoms. The molecule has 1 fully saturated rings. The average molecular weight is 964 g/mol. The van der Waals surface area contributed by atoms with Gasteiger partial charge in [0.25, 0.3) is 0 Å². The predicted molar refractivity (Wildman–Crippen MR) is 270 cm³/mol. The largest absolute Gasteiger partial charge is 0.444 e. The van der Waals surface area contributed by atoms with Gasteiger partial charge in [0.1, 0.15) is 11.6 Å². The molecule has 0 aliphatic carbocycles. The fraction of sp³-hybridized carbons (Fsp3) is 0.660. The number of anilines is 1. The van der Waals surface area contributed by atoms with Crippen molar-refractivity contribution in [2.24, 2.45) is 23.7 Å². The number of ether oxygens (including phenoxy) is 3. The summed E-state index contributed by atoms with van der Waals surface area (Å²) in [5.41, 5.74) is 1.71. The number of carbonyl (C=O) groups excluding carboxylic acids is 6. The van der Waals surface area contributed by atoms with Crippen molar-refractivity contribution >= 4 is 41.3 Å². The van der Waals surface area contributed by atoms with Gasteiger partial charge < -0.3 is 40.0 Å². The highest BCUT2D eigenvalue weighted by atomic mass is 16.6. The zero-order valence-corrected chi connectivity index (χ0v) is 44.2. The van der Waals surface area contributed by atoms with Crippen molar-refractivity contribution in [1.82, 2.24) is 30.7 Å². The Labute approximate surface area is 412 Å². The summed E-state index contributed by atoms with van der Waals surface area (Å²) in [4.78, 5) is 87.5. The molecule has 1 saturated heterocycles. The molecule has 0 unspecified atom stereocenters. The molecule has 9 atom stereocenters. The van der Waals surface area contributed by atoms with Crippen LogP contribution in [0, 0.1) is 23.7 Å². The SMILES string of the molecule is CC[C@H](C)[C@@H]([C@@H](CC(=O)N1CCC[C@H]1[C@H](OC)[C@@H](C)C(=O)N[C@@H](CC(=O)NCc1ccc(NC(=O)OC(C)(C)C)cc1)Cc1ccccc1)OC)N(C)C(=O)[C@@H](NC(=O)[C@H](C(C)C)N(C)C)C(C)C. The zero-order valence-electron chi connectivity index (χ0n) is 44.2. The van der Waals surface area contributed by atoms with E-state index in [0.29, 0.717) is 31.5 Å². The van der Waals surface area contributed by atoms with Gasteiger partial charge in [0.05, 0.1) is 42.7 Å². The van der Waals surface area contributed by atoms with Crippen LogP contribution < -0.4 is 21.3 Å². The molecule has 0 spiro atoms. The second kappa shape index (κ2) is 27.4. The number of hydrogen-bond donors (Lipinski definition) is 4. The average Bonchev–Trinajstić information content (AvgIpc) is 3.76. The van der Waals surface area contributed by atoms with Gasteiger partial charge >= 0.3 is 6.09 Å². The molecule has 0 saturated carbocycles. The maximum absolute atomic E-state index is 14.5. The number of rotatable bonds is 25. The first-order valence-corrected chi connectivity index (χ1v) is 24.7. The van der Waals surface area contributed by atoms with Crippen LogP contribution in [0.25, 0.3) is 0 Å². The fourth-order valence-electron chi connectivity index (χ4n) is 9.44. The summed E-state index contributed by atoms with van der Waals surface area (Å²) >= 11 is 0. The van der Waals surface area contributed by atoms with E-state index in [4.69, 9.17) is 14.2 Å². The summed E-state index contributed by atoms with van der Waals surface area (Å²) in [6, 6.07) is 14.1. The van der Waals surface area contributed by atoms with Crippen molar-refractivity contribution < 1.29 is 43.0 Å². The quantitative estimate of drug-likeness (QED) is 0.0866. The fourth-order valence-corrected chi connectivity index (χ4v) is 9.44. The molecule has 16 heteroatoms. The first kappa shape index (κ1) is 58.3. The number of carbonyl (C=O) groups is 6. The van der Waals surface area contributed by atoms with E-state index in [1.54, 1.807) is 83.0 Å². The standard InChI is InChI=1S/C53H85N7O9/c1-16-35(6)47(59(13)51(65)45(33(2)3)57-50(64)46(34(4)5)58(11)12)42(67-14)31-44(62)60-28-20-23-41(60)48(68-15)36(7)49(63)55-40(29-37-21-18-17-19-22-37)30-43(61)54-32-38-24-26-39(27-25-38)56-52(66)69-53(8,9)10/h17-19,21-22,24-27,33-36,40-42,45-48H,16,20,23,28-32H2,1-15H3,(H,54,61)(H,55,63)(H,56,66)(H,57,64)/t35-,36+,40+,41-,42+,45-,46-,47-,48+/m0/s1. The van der Waals surface area contributed by atoms with Crippen LogP contribution in [0.3, 0.4) is 0 Å². The third-order valence-electron chi connectivity index (χ3n) is 13.1. The highest BCUT2D eigenvalue weighted by molar-refractivity contribution is 5.90. The van der Waals surface area contributed by atoms with Crippen molar-refractivity contribution in [3.8, 4) is 0 Å². The zero-order chi connectivity index (χ0) is 51.7. The highest BCUT2D eigenvalue weighted by Gasteiger charge is 2.43. The molecular weight excluding hydrogens is 879 g/mol. The minimum atomic E-state index is -0.788. The van der Waals surface area contributed by atoms with Gasteiger partial charge in [0.2, 0.25) is 29.5 Å². The lowest BCUT2D eigenvalue weighted by atomic mass is 9.89. The Balaban J connectivity index is 1.75. The lowest BCUT2D eigenvalue weighted by molar-refractivity contribution is -0.148. The maximum atomic E-state index is 14.5. The molecule has 1 aliphatic rings. The van der Waals surface area contributed by atoms with Crippen molar-refractivity contribution in [3.05, 3.63) is 65.7 Å². The topological polar surface area (TPSA) is 188 Å². The van der Waals surface area contributed by atoms with E-state index in [1.165, 1.54) is 0 Å². The number of methoxy groups -OCH3 is 2. The molecule has 2 aromatic rings. The second-order valence-electron chi connectivity index (χ2n) is 20.7. The lowest BCUT2D eigenvalue weighted by Gasteiger charge is -2.41. The van der Waals surface area contributed by atoms with Gasteiger partial charge in [-0.15, -0.1) is 0 Å². The van der Waals surface area contributed by atoms with Crippen molar-refractivity contribution in [1.29, 1.82) is 0 Å². The van der Waals surface area contributed by atoms with Crippen molar-refractivity contribution in [2.75, 3.05) is 47.2 Å². The van der Waals surface area contributed by atoms with E-state index in [1.807, 2.05) is 90.9 Å². The smallest absolute Gasteiger partial charge is 0.412 e. The molecule has 16 nitrogen and oxygen atoms in total. The Morgan fingerprint density at radius 2 is 1.43 bits per heavy atom. The van der Waals surface area contributed by atoms with E-state index >= 15 is 0 Å². The summed E-state index contributed by atoms with van der Waals surface area (Å²) in [6.07, 6.45) is 0.603. The Hall–Kier alpha value is -5.06. The molecule has 0 bridgehead atoms. The second-order valence-corrected chi connectivity index (χ2v) is 20.7. The first-order valence-electron chi connectivity index (χ1n) is 24.7.